The Morgan fingerprint density at radius 3 is 2.59 bits per heavy atom. The highest BCUT2D eigenvalue weighted by molar-refractivity contribution is 6.01. The Kier molecular flexibility index (Phi) is 6.58. The van der Waals surface area contributed by atoms with Crippen LogP contribution in [-0.2, 0) is 16.1 Å². The van der Waals surface area contributed by atoms with Gasteiger partial charge in [-0.1, -0.05) is 25.3 Å². The molecule has 3 heterocycles. The molecule has 1 aromatic heterocycles. The number of morpholine rings is 1. The molecule has 7 rings (SSSR count). The standard InChI is InChI=1S/C33H39N3O5/c1-20(2)41-23-9-11-24-26(17-23)27-18-33(27,32(38)35-12-14-40-15-13-35)19-36-28-16-22(31(37)34-39)8-10-25(28)29(30(24)36)21-6-4-3-5-7-21/h8-11,16-17,20-21,27,39H,3-7,12-15,18-19H2,1-2H3,(H,34,37). The van der Waals surface area contributed by atoms with Crippen molar-refractivity contribution in [3.8, 4) is 17.0 Å². The lowest BCUT2D eigenvalue weighted by atomic mass is 9.81. The van der Waals surface area contributed by atoms with E-state index in [1.165, 1.54) is 41.6 Å². The van der Waals surface area contributed by atoms with Gasteiger partial charge in [0.15, 0.2) is 0 Å². The summed E-state index contributed by atoms with van der Waals surface area (Å²) in [4.78, 5) is 28.9. The van der Waals surface area contributed by atoms with Crippen LogP contribution in [0.1, 0.15) is 85.7 Å². The van der Waals surface area contributed by atoms with Crippen LogP contribution in [0, 0.1) is 5.41 Å². The summed E-state index contributed by atoms with van der Waals surface area (Å²) in [6, 6.07) is 12.2. The molecule has 0 radical (unpaired) electrons. The van der Waals surface area contributed by atoms with Crippen molar-refractivity contribution in [3.05, 3.63) is 53.1 Å². The van der Waals surface area contributed by atoms with Crippen LogP contribution in [0.25, 0.3) is 22.2 Å². The Hall–Kier alpha value is -3.36. The maximum Gasteiger partial charge on any atom is 0.274 e. The molecule has 0 bridgehead atoms. The number of hydrogen-bond acceptors (Lipinski definition) is 5. The minimum Gasteiger partial charge on any atom is -0.491 e. The monoisotopic (exact) mass is 557 g/mol. The van der Waals surface area contributed by atoms with E-state index < -0.39 is 11.3 Å². The fraction of sp³-hybridized carbons (Fsp3) is 0.515. The largest absolute Gasteiger partial charge is 0.491 e. The third-order valence-corrected chi connectivity index (χ3v) is 9.75. The third kappa shape index (κ3) is 4.34. The zero-order chi connectivity index (χ0) is 28.3. The Balaban J connectivity index is 1.47. The Morgan fingerprint density at radius 1 is 1.07 bits per heavy atom. The smallest absolute Gasteiger partial charge is 0.274 e. The quantitative estimate of drug-likeness (QED) is 0.314. The molecule has 8 heteroatoms. The van der Waals surface area contributed by atoms with E-state index in [9.17, 15) is 14.8 Å². The Bertz CT molecular complexity index is 1510. The highest BCUT2D eigenvalue weighted by Gasteiger charge is 2.64. The van der Waals surface area contributed by atoms with Crippen molar-refractivity contribution in [2.75, 3.05) is 26.3 Å². The summed E-state index contributed by atoms with van der Waals surface area (Å²) in [5.41, 5.74) is 7.48. The van der Waals surface area contributed by atoms with E-state index in [-0.39, 0.29) is 17.9 Å². The van der Waals surface area contributed by atoms with Crippen LogP contribution in [0.3, 0.4) is 0 Å². The van der Waals surface area contributed by atoms with Crippen LogP contribution >= 0.6 is 0 Å². The van der Waals surface area contributed by atoms with Gasteiger partial charge in [-0.3, -0.25) is 14.8 Å². The van der Waals surface area contributed by atoms with Gasteiger partial charge in [0, 0.05) is 47.6 Å². The molecule has 2 aliphatic carbocycles. The van der Waals surface area contributed by atoms with E-state index in [4.69, 9.17) is 9.47 Å². The second-order valence-electron chi connectivity index (χ2n) is 12.6. The second kappa shape index (κ2) is 10.2. The first-order valence-corrected chi connectivity index (χ1v) is 15.2. The zero-order valence-electron chi connectivity index (χ0n) is 23.9. The van der Waals surface area contributed by atoms with Crippen LogP contribution in [0.2, 0.25) is 0 Å². The van der Waals surface area contributed by atoms with E-state index in [0.29, 0.717) is 44.3 Å². The number of fused-ring (bicyclic) bond motifs is 7. The molecule has 2 aliphatic heterocycles. The molecule has 2 saturated carbocycles. The molecule has 2 aromatic carbocycles. The van der Waals surface area contributed by atoms with E-state index >= 15 is 0 Å². The second-order valence-corrected chi connectivity index (χ2v) is 12.6. The van der Waals surface area contributed by atoms with Crippen molar-refractivity contribution in [1.29, 1.82) is 0 Å². The number of carbonyl (C=O) groups excluding carboxylic acids is 2. The van der Waals surface area contributed by atoms with Crippen LogP contribution in [0.15, 0.2) is 36.4 Å². The molecule has 4 aliphatic rings. The number of hydroxylamine groups is 1. The Morgan fingerprint density at radius 2 is 1.85 bits per heavy atom. The van der Waals surface area contributed by atoms with Gasteiger partial charge >= 0.3 is 0 Å². The first-order valence-electron chi connectivity index (χ1n) is 15.2. The van der Waals surface area contributed by atoms with Crippen LogP contribution in [0.5, 0.6) is 5.75 Å². The summed E-state index contributed by atoms with van der Waals surface area (Å²) >= 11 is 0. The lowest BCUT2D eigenvalue weighted by Crippen LogP contribution is -2.45. The molecule has 2 N–H and O–H groups in total. The lowest BCUT2D eigenvalue weighted by Gasteiger charge is -2.31. The van der Waals surface area contributed by atoms with Crippen molar-refractivity contribution in [2.24, 2.45) is 5.41 Å². The van der Waals surface area contributed by atoms with Crippen molar-refractivity contribution in [3.63, 3.8) is 0 Å². The first kappa shape index (κ1) is 26.5. The summed E-state index contributed by atoms with van der Waals surface area (Å²) in [5.74, 6) is 1.02. The molecule has 2 amide bonds. The maximum absolute atomic E-state index is 14.3. The number of ether oxygens (including phenoxy) is 2. The molecule has 216 valence electrons. The normalized spacial score (nSPS) is 23.9. The minimum atomic E-state index is -0.557. The summed E-state index contributed by atoms with van der Waals surface area (Å²) < 4.78 is 14.1. The average molecular weight is 558 g/mol. The van der Waals surface area contributed by atoms with Gasteiger partial charge in [0.25, 0.3) is 5.91 Å². The van der Waals surface area contributed by atoms with Crippen LogP contribution in [-0.4, -0.2) is 58.9 Å². The van der Waals surface area contributed by atoms with Gasteiger partial charge in [0.05, 0.1) is 30.4 Å². The number of nitrogens with one attached hydrogen (secondary N) is 1. The SMILES string of the molecule is CC(C)Oc1ccc2c(c1)C1CC1(C(=O)N1CCOCC1)Cn1c-2c(C2CCCCC2)c2ccc(C(=O)NO)cc21. The van der Waals surface area contributed by atoms with Gasteiger partial charge in [-0.2, -0.15) is 0 Å². The van der Waals surface area contributed by atoms with Gasteiger partial charge in [-0.05, 0) is 80.5 Å². The topological polar surface area (TPSA) is 93.0 Å². The Labute approximate surface area is 240 Å². The molecule has 3 fully saturated rings. The molecule has 2 atom stereocenters. The average Bonchev–Trinajstić information content (AvgIpc) is 3.67. The van der Waals surface area contributed by atoms with E-state index in [0.717, 1.165) is 35.9 Å². The van der Waals surface area contributed by atoms with Gasteiger partial charge < -0.3 is 18.9 Å². The molecular formula is C33H39N3O5. The fourth-order valence-electron chi connectivity index (χ4n) is 7.79. The number of benzene rings is 2. The molecule has 3 aromatic rings. The number of nitrogens with zero attached hydrogens (tertiary/aromatic N) is 2. The van der Waals surface area contributed by atoms with Gasteiger partial charge in [0.1, 0.15) is 5.75 Å². The minimum absolute atomic E-state index is 0.0538. The van der Waals surface area contributed by atoms with Gasteiger partial charge in [-0.15, -0.1) is 0 Å². The summed E-state index contributed by atoms with van der Waals surface area (Å²) in [6.45, 7) is 7.00. The van der Waals surface area contributed by atoms with Gasteiger partial charge in [0.2, 0.25) is 5.91 Å². The highest BCUT2D eigenvalue weighted by Crippen LogP contribution is 2.66. The van der Waals surface area contributed by atoms with E-state index in [1.807, 2.05) is 30.9 Å². The summed E-state index contributed by atoms with van der Waals surface area (Å²) in [5, 5.41) is 10.5. The van der Waals surface area contributed by atoms with Gasteiger partial charge in [-0.25, -0.2) is 5.48 Å². The molecular weight excluding hydrogens is 518 g/mol. The molecule has 1 saturated heterocycles. The van der Waals surface area contributed by atoms with Crippen molar-refractivity contribution in [2.45, 2.75) is 76.9 Å². The number of amides is 2. The predicted molar refractivity (Wildman–Crippen MR) is 155 cm³/mol. The zero-order valence-corrected chi connectivity index (χ0v) is 23.9. The molecule has 8 nitrogen and oxygen atoms in total. The highest BCUT2D eigenvalue weighted by atomic mass is 16.5. The number of aromatic nitrogens is 1. The van der Waals surface area contributed by atoms with Crippen LogP contribution in [0.4, 0.5) is 0 Å². The summed E-state index contributed by atoms with van der Waals surface area (Å²) in [6.07, 6.45) is 6.79. The third-order valence-electron chi connectivity index (χ3n) is 9.75. The van der Waals surface area contributed by atoms with Crippen molar-refractivity contribution < 1.29 is 24.3 Å². The maximum atomic E-state index is 14.3. The van der Waals surface area contributed by atoms with Crippen molar-refractivity contribution >= 4 is 22.7 Å². The molecule has 0 spiro atoms. The lowest BCUT2D eigenvalue weighted by molar-refractivity contribution is -0.141. The van der Waals surface area contributed by atoms with E-state index in [2.05, 4.69) is 22.8 Å². The van der Waals surface area contributed by atoms with Crippen LogP contribution < -0.4 is 10.2 Å². The fourth-order valence-corrected chi connectivity index (χ4v) is 7.79. The van der Waals surface area contributed by atoms with E-state index in [1.54, 1.807) is 11.5 Å². The molecule has 2 unspecified atom stereocenters. The van der Waals surface area contributed by atoms with Crippen molar-refractivity contribution in [1.82, 2.24) is 14.9 Å². The number of hydrogen-bond donors (Lipinski definition) is 2. The summed E-state index contributed by atoms with van der Waals surface area (Å²) in [7, 11) is 0. The number of rotatable bonds is 5. The predicted octanol–water partition coefficient (Wildman–Crippen LogP) is 5.61. The number of carbonyl (C=O) groups is 2. The molecule has 41 heavy (non-hydrogen) atoms. The first-order chi connectivity index (χ1) is 19.9.